The van der Waals surface area contributed by atoms with Crippen molar-refractivity contribution < 1.29 is 14.3 Å². The van der Waals surface area contributed by atoms with E-state index in [0.717, 1.165) is 6.42 Å². The SMILES string of the molecule is COC(=O)CNC(=O)[C@@H]1CSC([C@H](C)c2ccc(CC(C)C)cc2)N1.Cl. The Labute approximate surface area is 166 Å². The minimum absolute atomic E-state index is 0. The van der Waals surface area contributed by atoms with Crippen LogP contribution in [0.1, 0.15) is 37.8 Å². The molecule has 7 heteroatoms. The minimum atomic E-state index is -0.439. The maximum Gasteiger partial charge on any atom is 0.325 e. The molecule has 1 fully saturated rings. The van der Waals surface area contributed by atoms with Crippen LogP contribution in [0, 0.1) is 5.92 Å². The molecule has 146 valence electrons. The molecule has 0 aromatic heterocycles. The van der Waals surface area contributed by atoms with Crippen molar-refractivity contribution in [3.8, 4) is 0 Å². The summed E-state index contributed by atoms with van der Waals surface area (Å²) >= 11 is 1.75. The van der Waals surface area contributed by atoms with Gasteiger partial charge in [-0.25, -0.2) is 0 Å². The second-order valence-electron chi connectivity index (χ2n) is 6.90. The van der Waals surface area contributed by atoms with Crippen molar-refractivity contribution in [3.05, 3.63) is 35.4 Å². The lowest BCUT2D eigenvalue weighted by Crippen LogP contribution is -2.46. The first-order chi connectivity index (χ1) is 11.9. The van der Waals surface area contributed by atoms with Crippen molar-refractivity contribution in [2.75, 3.05) is 19.4 Å². The third kappa shape index (κ3) is 6.49. The van der Waals surface area contributed by atoms with Crippen LogP contribution in [0.2, 0.25) is 0 Å². The zero-order chi connectivity index (χ0) is 18.4. The number of ether oxygens (including phenoxy) is 1. The van der Waals surface area contributed by atoms with Gasteiger partial charge in [-0.15, -0.1) is 24.2 Å². The van der Waals surface area contributed by atoms with Gasteiger partial charge in [-0.3, -0.25) is 14.9 Å². The van der Waals surface area contributed by atoms with Gasteiger partial charge in [0, 0.05) is 11.7 Å². The monoisotopic (exact) mass is 400 g/mol. The number of methoxy groups -OCH3 is 1. The Morgan fingerprint density at radius 1 is 1.27 bits per heavy atom. The van der Waals surface area contributed by atoms with E-state index in [9.17, 15) is 9.59 Å². The fourth-order valence-electron chi connectivity index (χ4n) is 2.89. The van der Waals surface area contributed by atoms with Gasteiger partial charge in [-0.1, -0.05) is 45.0 Å². The summed E-state index contributed by atoms with van der Waals surface area (Å²) in [6, 6.07) is 8.50. The molecule has 1 aliphatic heterocycles. The highest BCUT2D eigenvalue weighted by Crippen LogP contribution is 2.32. The van der Waals surface area contributed by atoms with E-state index in [0.29, 0.717) is 17.6 Å². The summed E-state index contributed by atoms with van der Waals surface area (Å²) in [5, 5.41) is 6.17. The molecule has 0 bridgehead atoms. The lowest BCUT2D eigenvalue weighted by molar-refractivity contribution is -0.141. The van der Waals surface area contributed by atoms with Gasteiger partial charge >= 0.3 is 5.97 Å². The number of carbonyl (C=O) groups excluding carboxylic acids is 2. The van der Waals surface area contributed by atoms with E-state index >= 15 is 0 Å². The first-order valence-electron chi connectivity index (χ1n) is 8.71. The zero-order valence-corrected chi connectivity index (χ0v) is 17.4. The average molecular weight is 401 g/mol. The Kier molecular flexibility index (Phi) is 9.47. The minimum Gasteiger partial charge on any atom is -0.468 e. The van der Waals surface area contributed by atoms with E-state index < -0.39 is 5.97 Å². The Morgan fingerprint density at radius 3 is 2.50 bits per heavy atom. The van der Waals surface area contributed by atoms with Crippen LogP contribution in [0.5, 0.6) is 0 Å². The normalized spacial score (nSPS) is 20.3. The molecule has 5 nitrogen and oxygen atoms in total. The van der Waals surface area contributed by atoms with Crippen molar-refractivity contribution >= 4 is 36.0 Å². The second-order valence-corrected chi connectivity index (χ2v) is 8.07. The fraction of sp³-hybridized carbons (Fsp3) is 0.579. The highest BCUT2D eigenvalue weighted by molar-refractivity contribution is 8.00. The number of hydrogen-bond donors (Lipinski definition) is 2. The highest BCUT2D eigenvalue weighted by atomic mass is 35.5. The predicted molar refractivity (Wildman–Crippen MR) is 109 cm³/mol. The summed E-state index contributed by atoms with van der Waals surface area (Å²) in [7, 11) is 1.31. The molecule has 1 aromatic carbocycles. The van der Waals surface area contributed by atoms with Gasteiger partial charge in [0.1, 0.15) is 6.54 Å². The zero-order valence-electron chi connectivity index (χ0n) is 15.8. The largest absolute Gasteiger partial charge is 0.468 e. The summed E-state index contributed by atoms with van der Waals surface area (Å²) in [5.41, 5.74) is 2.63. The number of thioether (sulfide) groups is 1. The molecule has 1 aromatic rings. The van der Waals surface area contributed by atoms with Gasteiger partial charge in [-0.2, -0.15) is 0 Å². The van der Waals surface area contributed by atoms with E-state index in [4.69, 9.17) is 0 Å². The standard InChI is InChI=1S/C19H28N2O3S.ClH/c1-12(2)9-14-5-7-15(8-6-14)13(3)19-21-16(11-25-19)18(23)20-10-17(22)24-4;/h5-8,12-13,16,19,21H,9-11H2,1-4H3,(H,20,23);1H/t13-,16+,19?;/m1./s1. The summed E-state index contributed by atoms with van der Waals surface area (Å²) in [6.45, 7) is 6.54. The van der Waals surface area contributed by atoms with Crippen LogP contribution in [-0.4, -0.2) is 42.7 Å². The molecular weight excluding hydrogens is 372 g/mol. The second kappa shape index (κ2) is 10.8. The van der Waals surface area contributed by atoms with Crippen LogP contribution in [0.15, 0.2) is 24.3 Å². The van der Waals surface area contributed by atoms with Crippen molar-refractivity contribution in [1.29, 1.82) is 0 Å². The molecule has 0 radical (unpaired) electrons. The van der Waals surface area contributed by atoms with Gasteiger partial charge < -0.3 is 10.1 Å². The molecule has 0 saturated carbocycles. The molecule has 1 saturated heterocycles. The molecule has 1 unspecified atom stereocenters. The number of hydrogen-bond acceptors (Lipinski definition) is 5. The van der Waals surface area contributed by atoms with Crippen LogP contribution in [0.4, 0.5) is 0 Å². The predicted octanol–water partition coefficient (Wildman–Crippen LogP) is 2.73. The number of esters is 1. The van der Waals surface area contributed by atoms with Crippen molar-refractivity contribution in [2.24, 2.45) is 5.92 Å². The number of amides is 1. The van der Waals surface area contributed by atoms with Crippen molar-refractivity contribution in [3.63, 3.8) is 0 Å². The quantitative estimate of drug-likeness (QED) is 0.689. The Bertz CT molecular complexity index is 595. The molecule has 2 N–H and O–H groups in total. The number of carbonyl (C=O) groups is 2. The lowest BCUT2D eigenvalue weighted by atomic mass is 9.96. The Morgan fingerprint density at radius 2 is 1.92 bits per heavy atom. The van der Waals surface area contributed by atoms with E-state index in [-0.39, 0.29) is 36.3 Å². The third-order valence-corrected chi connectivity index (χ3v) is 5.79. The fourth-order valence-corrected chi connectivity index (χ4v) is 4.25. The number of rotatable bonds is 7. The number of nitrogens with one attached hydrogen (secondary N) is 2. The van der Waals surface area contributed by atoms with Crippen molar-refractivity contribution in [2.45, 2.75) is 44.5 Å². The van der Waals surface area contributed by atoms with E-state index in [1.807, 2.05) is 0 Å². The maximum absolute atomic E-state index is 12.1. The van der Waals surface area contributed by atoms with Gasteiger partial charge in [0.25, 0.3) is 0 Å². The topological polar surface area (TPSA) is 67.4 Å². The molecule has 1 amide bonds. The first kappa shape index (κ1) is 22.8. The van der Waals surface area contributed by atoms with Crippen LogP contribution in [0.3, 0.4) is 0 Å². The Balaban J connectivity index is 0.00000338. The molecule has 0 aliphatic carbocycles. The number of benzene rings is 1. The average Bonchev–Trinajstić information content (AvgIpc) is 3.09. The number of halogens is 1. The van der Waals surface area contributed by atoms with E-state index in [1.54, 1.807) is 11.8 Å². The molecule has 1 heterocycles. The molecule has 2 rings (SSSR count). The Hall–Kier alpha value is -1.24. The van der Waals surface area contributed by atoms with Crippen molar-refractivity contribution in [1.82, 2.24) is 10.6 Å². The van der Waals surface area contributed by atoms with Gasteiger partial charge in [0.05, 0.1) is 18.5 Å². The molecule has 0 spiro atoms. The van der Waals surface area contributed by atoms with Crippen LogP contribution < -0.4 is 10.6 Å². The molecule has 1 aliphatic rings. The van der Waals surface area contributed by atoms with Crippen LogP contribution >= 0.6 is 24.2 Å². The molecule has 26 heavy (non-hydrogen) atoms. The van der Waals surface area contributed by atoms with E-state index in [1.165, 1.54) is 18.2 Å². The van der Waals surface area contributed by atoms with Gasteiger partial charge in [0.15, 0.2) is 0 Å². The summed E-state index contributed by atoms with van der Waals surface area (Å²) < 4.78 is 4.53. The van der Waals surface area contributed by atoms with Crippen LogP contribution in [-0.2, 0) is 20.7 Å². The lowest BCUT2D eigenvalue weighted by Gasteiger charge is -2.21. The molecular formula is C19H29ClN2O3S. The molecule has 3 atom stereocenters. The van der Waals surface area contributed by atoms with Crippen LogP contribution in [0.25, 0.3) is 0 Å². The van der Waals surface area contributed by atoms with E-state index in [2.05, 4.69) is 60.4 Å². The summed E-state index contributed by atoms with van der Waals surface area (Å²) in [5.74, 6) is 1.06. The first-order valence-corrected chi connectivity index (χ1v) is 9.76. The van der Waals surface area contributed by atoms with Gasteiger partial charge in [0.2, 0.25) is 5.91 Å². The summed E-state index contributed by atoms with van der Waals surface area (Å²) in [6.07, 6.45) is 1.09. The maximum atomic E-state index is 12.1. The summed E-state index contributed by atoms with van der Waals surface area (Å²) in [4.78, 5) is 23.2. The van der Waals surface area contributed by atoms with Gasteiger partial charge in [-0.05, 0) is 23.5 Å². The smallest absolute Gasteiger partial charge is 0.325 e. The highest BCUT2D eigenvalue weighted by Gasteiger charge is 2.33. The third-order valence-electron chi connectivity index (χ3n) is 4.36.